The van der Waals surface area contributed by atoms with Gasteiger partial charge in [-0.25, -0.2) is 4.79 Å². The molecule has 6 heteroatoms. The smallest absolute Gasteiger partial charge is 0.335 e. The second kappa shape index (κ2) is 6.89. The van der Waals surface area contributed by atoms with E-state index in [0.29, 0.717) is 24.4 Å². The van der Waals surface area contributed by atoms with Crippen LogP contribution < -0.4 is 4.74 Å². The number of nitrogens with zero attached hydrogens (tertiary/aromatic N) is 1. The van der Waals surface area contributed by atoms with E-state index in [1.54, 1.807) is 0 Å². The van der Waals surface area contributed by atoms with Crippen LogP contribution in [0.15, 0.2) is 18.2 Å². The number of rotatable bonds is 5. The fourth-order valence-corrected chi connectivity index (χ4v) is 2.76. The number of Topliss-reactive ketones (excluding diaryl/α,β-unsaturated/α-hetero) is 1. The molecule has 6 nitrogen and oxygen atoms in total. The van der Waals surface area contributed by atoms with Gasteiger partial charge in [0.05, 0.1) is 37.0 Å². The average Bonchev–Trinajstić information content (AvgIpc) is 2.45. The van der Waals surface area contributed by atoms with E-state index in [1.807, 2.05) is 18.7 Å². The molecule has 0 aromatic heterocycles. The number of aromatic carboxylic acids is 1. The zero-order chi connectivity index (χ0) is 16.3. The Morgan fingerprint density at radius 2 is 1.95 bits per heavy atom. The zero-order valence-corrected chi connectivity index (χ0v) is 13.0. The third-order valence-electron chi connectivity index (χ3n) is 3.61. The highest BCUT2D eigenvalue weighted by Gasteiger charge is 2.25. The molecule has 2 rings (SSSR count). The number of carboxylic acid groups (broad SMARTS) is 1. The lowest BCUT2D eigenvalue weighted by molar-refractivity contribution is -0.0652. The maximum Gasteiger partial charge on any atom is 0.335 e. The van der Waals surface area contributed by atoms with Crippen LogP contribution in [-0.4, -0.2) is 60.7 Å². The van der Waals surface area contributed by atoms with Crippen molar-refractivity contribution in [3.63, 3.8) is 0 Å². The van der Waals surface area contributed by atoms with Gasteiger partial charge in [0.1, 0.15) is 5.75 Å². The molecule has 0 radical (unpaired) electrons. The molecule has 1 saturated heterocycles. The maximum absolute atomic E-state index is 12.5. The van der Waals surface area contributed by atoms with Gasteiger partial charge in [0.15, 0.2) is 5.78 Å². The van der Waals surface area contributed by atoms with E-state index in [1.165, 1.54) is 25.3 Å². The third-order valence-corrected chi connectivity index (χ3v) is 3.61. The van der Waals surface area contributed by atoms with Crippen molar-refractivity contribution in [2.75, 3.05) is 26.7 Å². The number of carbonyl (C=O) groups excluding carboxylic acids is 1. The van der Waals surface area contributed by atoms with Crippen molar-refractivity contribution in [1.82, 2.24) is 4.90 Å². The summed E-state index contributed by atoms with van der Waals surface area (Å²) in [5.74, 6) is -0.823. The van der Waals surface area contributed by atoms with Crippen LogP contribution in [0.25, 0.3) is 0 Å². The van der Waals surface area contributed by atoms with Crippen LogP contribution >= 0.6 is 0 Å². The van der Waals surface area contributed by atoms with Gasteiger partial charge in [-0.3, -0.25) is 9.69 Å². The van der Waals surface area contributed by atoms with Crippen molar-refractivity contribution >= 4 is 11.8 Å². The molecule has 1 aromatic rings. The molecule has 1 fully saturated rings. The summed E-state index contributed by atoms with van der Waals surface area (Å²) >= 11 is 0. The Bertz CT molecular complexity index is 562. The Morgan fingerprint density at radius 1 is 1.32 bits per heavy atom. The van der Waals surface area contributed by atoms with Crippen molar-refractivity contribution < 1.29 is 24.2 Å². The molecule has 22 heavy (non-hydrogen) atoms. The number of morpholine rings is 1. The Labute approximate surface area is 129 Å². The summed E-state index contributed by atoms with van der Waals surface area (Å²) in [6.07, 6.45) is 0.146. The van der Waals surface area contributed by atoms with E-state index in [4.69, 9.17) is 14.6 Å². The van der Waals surface area contributed by atoms with Gasteiger partial charge in [0.2, 0.25) is 0 Å². The lowest BCUT2D eigenvalue weighted by Gasteiger charge is -2.34. The van der Waals surface area contributed by atoms with E-state index in [9.17, 15) is 9.59 Å². The molecule has 2 atom stereocenters. The summed E-state index contributed by atoms with van der Waals surface area (Å²) in [7, 11) is 1.46. The van der Waals surface area contributed by atoms with Crippen LogP contribution in [0.4, 0.5) is 0 Å². The molecule has 0 bridgehead atoms. The van der Waals surface area contributed by atoms with Gasteiger partial charge in [0.25, 0.3) is 0 Å². The van der Waals surface area contributed by atoms with E-state index >= 15 is 0 Å². The summed E-state index contributed by atoms with van der Waals surface area (Å²) in [4.78, 5) is 25.6. The highest BCUT2D eigenvalue weighted by atomic mass is 16.5. The van der Waals surface area contributed by atoms with E-state index < -0.39 is 5.97 Å². The van der Waals surface area contributed by atoms with Gasteiger partial charge in [-0.1, -0.05) is 0 Å². The number of hydrogen-bond donors (Lipinski definition) is 1. The van der Waals surface area contributed by atoms with E-state index in [2.05, 4.69) is 0 Å². The number of ether oxygens (including phenoxy) is 2. The molecule has 1 aromatic carbocycles. The monoisotopic (exact) mass is 307 g/mol. The van der Waals surface area contributed by atoms with Gasteiger partial charge in [-0.05, 0) is 32.0 Å². The van der Waals surface area contributed by atoms with Crippen molar-refractivity contribution in [1.29, 1.82) is 0 Å². The van der Waals surface area contributed by atoms with Crippen molar-refractivity contribution in [2.45, 2.75) is 26.1 Å². The number of carbonyl (C=O) groups is 2. The molecule has 2 unspecified atom stereocenters. The van der Waals surface area contributed by atoms with Crippen molar-refractivity contribution in [2.24, 2.45) is 0 Å². The Kier molecular flexibility index (Phi) is 5.15. The summed E-state index contributed by atoms with van der Waals surface area (Å²) in [5.41, 5.74) is 0.377. The van der Waals surface area contributed by atoms with Gasteiger partial charge in [-0.2, -0.15) is 0 Å². The summed E-state index contributed by atoms with van der Waals surface area (Å²) in [6, 6.07) is 4.31. The van der Waals surface area contributed by atoms with Crippen molar-refractivity contribution in [3.8, 4) is 5.75 Å². The summed E-state index contributed by atoms with van der Waals surface area (Å²) < 4.78 is 10.8. The first-order valence-electron chi connectivity index (χ1n) is 7.23. The minimum Gasteiger partial charge on any atom is -0.496 e. The van der Waals surface area contributed by atoms with Crippen LogP contribution in [-0.2, 0) is 4.74 Å². The van der Waals surface area contributed by atoms with Crippen molar-refractivity contribution in [3.05, 3.63) is 29.3 Å². The summed E-state index contributed by atoms with van der Waals surface area (Å²) in [6.45, 7) is 5.52. The average molecular weight is 307 g/mol. The molecule has 1 N–H and O–H groups in total. The first kappa shape index (κ1) is 16.5. The van der Waals surface area contributed by atoms with Crippen LogP contribution in [0.1, 0.15) is 34.6 Å². The molecule has 1 heterocycles. The summed E-state index contributed by atoms with van der Waals surface area (Å²) in [5, 5.41) is 9.07. The maximum atomic E-state index is 12.5. The minimum absolute atomic E-state index is 0.0730. The van der Waals surface area contributed by atoms with Crippen LogP contribution in [0.2, 0.25) is 0 Å². The Hall–Kier alpha value is -1.92. The van der Waals surface area contributed by atoms with Crippen LogP contribution in [0, 0.1) is 0 Å². The van der Waals surface area contributed by atoms with Crippen LogP contribution in [0.5, 0.6) is 5.75 Å². The first-order chi connectivity index (χ1) is 10.4. The van der Waals surface area contributed by atoms with E-state index in [0.717, 1.165) is 0 Å². The molecule has 1 aliphatic rings. The number of hydrogen-bond acceptors (Lipinski definition) is 5. The molecule has 0 amide bonds. The topological polar surface area (TPSA) is 76.1 Å². The fourth-order valence-electron chi connectivity index (χ4n) is 2.76. The molecule has 0 spiro atoms. The Morgan fingerprint density at radius 3 is 2.50 bits per heavy atom. The van der Waals surface area contributed by atoms with Gasteiger partial charge < -0.3 is 14.6 Å². The quantitative estimate of drug-likeness (QED) is 0.834. The predicted molar refractivity (Wildman–Crippen MR) is 80.7 cm³/mol. The van der Waals surface area contributed by atoms with E-state index in [-0.39, 0.29) is 30.1 Å². The molecule has 1 aliphatic heterocycles. The number of ketones is 1. The number of benzene rings is 1. The molecular formula is C16H21NO5. The molecule has 0 aliphatic carbocycles. The predicted octanol–water partition coefficient (Wildman–Crippen LogP) is 1.69. The lowest BCUT2D eigenvalue weighted by atomic mass is 10.0. The van der Waals surface area contributed by atoms with Gasteiger partial charge in [-0.15, -0.1) is 0 Å². The number of carboxylic acids is 1. The second-order valence-electron chi connectivity index (χ2n) is 5.59. The fraction of sp³-hybridized carbons (Fsp3) is 0.500. The highest BCUT2D eigenvalue weighted by molar-refractivity contribution is 6.02. The standard InChI is InChI=1S/C16H21NO5/c1-10-7-17(8-11(2)22-10)9-14(18)13-6-12(16(19)20)4-5-15(13)21-3/h4-6,10-11H,7-9H2,1-3H3,(H,19,20). The highest BCUT2D eigenvalue weighted by Crippen LogP contribution is 2.21. The lowest BCUT2D eigenvalue weighted by Crippen LogP contribution is -2.47. The Balaban J connectivity index is 2.17. The van der Waals surface area contributed by atoms with Crippen LogP contribution in [0.3, 0.4) is 0 Å². The first-order valence-corrected chi connectivity index (χ1v) is 7.23. The molecular weight excluding hydrogens is 286 g/mol. The largest absolute Gasteiger partial charge is 0.496 e. The number of methoxy groups -OCH3 is 1. The van der Waals surface area contributed by atoms with Gasteiger partial charge in [0, 0.05) is 13.1 Å². The zero-order valence-electron chi connectivity index (χ0n) is 13.0. The minimum atomic E-state index is -1.06. The molecule has 120 valence electrons. The molecule has 0 saturated carbocycles. The van der Waals surface area contributed by atoms with Gasteiger partial charge >= 0.3 is 5.97 Å². The SMILES string of the molecule is COc1ccc(C(=O)O)cc1C(=O)CN1CC(C)OC(C)C1. The second-order valence-corrected chi connectivity index (χ2v) is 5.59. The normalized spacial score (nSPS) is 22.3. The third kappa shape index (κ3) is 3.84.